The topological polar surface area (TPSA) is 48.4 Å². The first-order valence-electron chi connectivity index (χ1n) is 4.76. The van der Waals surface area contributed by atoms with Gasteiger partial charge in [0.2, 0.25) is 0 Å². The molecule has 0 saturated carbocycles. The highest BCUT2D eigenvalue weighted by Crippen LogP contribution is 2.22. The van der Waals surface area contributed by atoms with E-state index in [-0.39, 0.29) is 6.10 Å². The molecule has 4 nitrogen and oxygen atoms in total. The van der Waals surface area contributed by atoms with Crippen LogP contribution in [0.15, 0.2) is 12.3 Å². The predicted octanol–water partition coefficient (Wildman–Crippen LogP) is 1.96. The van der Waals surface area contributed by atoms with E-state index in [4.69, 9.17) is 4.74 Å². The van der Waals surface area contributed by atoms with Gasteiger partial charge in [0.25, 0.3) is 0 Å². The van der Waals surface area contributed by atoms with Crippen molar-refractivity contribution >= 4 is 5.97 Å². The first kappa shape index (κ1) is 11.5. The van der Waals surface area contributed by atoms with Gasteiger partial charge >= 0.3 is 5.97 Å². The molecule has 0 saturated heterocycles. The van der Waals surface area contributed by atoms with Gasteiger partial charge < -0.3 is 9.47 Å². The van der Waals surface area contributed by atoms with Crippen molar-refractivity contribution in [2.24, 2.45) is 0 Å². The Morgan fingerprint density at radius 1 is 1.47 bits per heavy atom. The molecule has 1 rings (SSSR count). The zero-order chi connectivity index (χ0) is 11.4. The third-order valence-corrected chi connectivity index (χ3v) is 1.85. The number of ether oxygens (including phenoxy) is 2. The third-order valence-electron chi connectivity index (χ3n) is 1.85. The van der Waals surface area contributed by atoms with Crippen molar-refractivity contribution in [3.8, 4) is 5.75 Å². The van der Waals surface area contributed by atoms with Crippen LogP contribution in [0.4, 0.5) is 0 Å². The number of carbonyl (C=O) groups excluding carboxylic acids is 1. The second kappa shape index (κ2) is 4.77. The molecule has 0 spiro atoms. The monoisotopic (exact) mass is 209 g/mol. The van der Waals surface area contributed by atoms with E-state index in [1.165, 1.54) is 7.11 Å². The largest absolute Gasteiger partial charge is 0.490 e. The molecule has 0 aliphatic heterocycles. The van der Waals surface area contributed by atoms with Gasteiger partial charge in [-0.2, -0.15) is 0 Å². The van der Waals surface area contributed by atoms with Crippen molar-refractivity contribution < 1.29 is 14.3 Å². The standard InChI is InChI=1S/C11H15NO3/c1-7(2)15-9-5-6-12-8(3)10(9)11(13)14-4/h5-7H,1-4H3. The number of rotatable bonds is 3. The van der Waals surface area contributed by atoms with Crippen LogP contribution in [-0.4, -0.2) is 24.2 Å². The normalized spacial score (nSPS) is 10.2. The molecule has 82 valence electrons. The van der Waals surface area contributed by atoms with Gasteiger partial charge in [-0.05, 0) is 26.8 Å². The van der Waals surface area contributed by atoms with Crippen LogP contribution < -0.4 is 4.74 Å². The number of nitrogens with zero attached hydrogens (tertiary/aromatic N) is 1. The Hall–Kier alpha value is -1.58. The van der Waals surface area contributed by atoms with E-state index < -0.39 is 5.97 Å². The van der Waals surface area contributed by atoms with Crippen molar-refractivity contribution in [1.29, 1.82) is 0 Å². The van der Waals surface area contributed by atoms with Gasteiger partial charge in [-0.25, -0.2) is 4.79 Å². The van der Waals surface area contributed by atoms with Crippen LogP contribution in [-0.2, 0) is 4.74 Å². The summed E-state index contributed by atoms with van der Waals surface area (Å²) in [5, 5.41) is 0. The maximum Gasteiger partial charge on any atom is 0.343 e. The van der Waals surface area contributed by atoms with Crippen LogP contribution in [0.1, 0.15) is 29.9 Å². The maximum absolute atomic E-state index is 11.5. The molecule has 4 heteroatoms. The molecule has 0 atom stereocenters. The molecule has 0 aliphatic rings. The molecule has 1 heterocycles. The Balaban J connectivity index is 3.14. The number of methoxy groups -OCH3 is 1. The van der Waals surface area contributed by atoms with Crippen molar-refractivity contribution in [3.63, 3.8) is 0 Å². The molecule has 0 aliphatic carbocycles. The third kappa shape index (κ3) is 2.68. The fourth-order valence-corrected chi connectivity index (χ4v) is 1.25. The maximum atomic E-state index is 11.5. The summed E-state index contributed by atoms with van der Waals surface area (Å²) in [6.45, 7) is 5.55. The lowest BCUT2D eigenvalue weighted by molar-refractivity contribution is 0.0593. The zero-order valence-electron chi connectivity index (χ0n) is 9.40. The fraction of sp³-hybridized carbons (Fsp3) is 0.455. The molecule has 0 N–H and O–H groups in total. The molecule has 0 aromatic carbocycles. The summed E-state index contributed by atoms with van der Waals surface area (Å²) in [6.07, 6.45) is 1.62. The van der Waals surface area contributed by atoms with E-state index >= 15 is 0 Å². The van der Waals surface area contributed by atoms with Gasteiger partial charge in [-0.15, -0.1) is 0 Å². The van der Waals surface area contributed by atoms with Crippen LogP contribution in [0.5, 0.6) is 5.75 Å². The van der Waals surface area contributed by atoms with E-state index in [1.807, 2.05) is 13.8 Å². The summed E-state index contributed by atoms with van der Waals surface area (Å²) in [6, 6.07) is 1.67. The lowest BCUT2D eigenvalue weighted by Gasteiger charge is -2.13. The van der Waals surface area contributed by atoms with Gasteiger partial charge in [0, 0.05) is 6.20 Å². The number of carbonyl (C=O) groups is 1. The Labute approximate surface area is 89.2 Å². The first-order chi connectivity index (χ1) is 7.06. The molecule has 1 aromatic rings. The highest BCUT2D eigenvalue weighted by molar-refractivity contribution is 5.93. The lowest BCUT2D eigenvalue weighted by Crippen LogP contribution is -2.13. The minimum absolute atomic E-state index is 0.00945. The Kier molecular flexibility index (Phi) is 3.66. The van der Waals surface area contributed by atoms with Crippen molar-refractivity contribution in [3.05, 3.63) is 23.5 Å². The minimum atomic E-state index is -0.420. The van der Waals surface area contributed by atoms with E-state index in [0.717, 1.165) is 0 Å². The van der Waals surface area contributed by atoms with Gasteiger partial charge in [0.05, 0.1) is 18.9 Å². The summed E-state index contributed by atoms with van der Waals surface area (Å²) >= 11 is 0. The second-order valence-corrected chi connectivity index (χ2v) is 3.43. The van der Waals surface area contributed by atoms with E-state index in [2.05, 4.69) is 9.72 Å². The second-order valence-electron chi connectivity index (χ2n) is 3.43. The molecular weight excluding hydrogens is 194 g/mol. The summed E-state index contributed by atoms with van der Waals surface area (Å²) in [4.78, 5) is 15.5. The average molecular weight is 209 g/mol. The molecular formula is C11H15NO3. The van der Waals surface area contributed by atoms with Crippen molar-refractivity contribution in [2.75, 3.05) is 7.11 Å². The number of aryl methyl sites for hydroxylation is 1. The number of pyridine rings is 1. The molecule has 0 bridgehead atoms. The van der Waals surface area contributed by atoms with Gasteiger partial charge in [0.1, 0.15) is 11.3 Å². The summed E-state index contributed by atoms with van der Waals surface area (Å²) in [5.41, 5.74) is 1.01. The summed E-state index contributed by atoms with van der Waals surface area (Å²) in [7, 11) is 1.34. The van der Waals surface area contributed by atoms with Crippen molar-refractivity contribution in [2.45, 2.75) is 26.9 Å². The molecule has 0 amide bonds. The van der Waals surface area contributed by atoms with E-state index in [1.54, 1.807) is 19.2 Å². The lowest BCUT2D eigenvalue weighted by atomic mass is 10.2. The highest BCUT2D eigenvalue weighted by Gasteiger charge is 2.17. The Morgan fingerprint density at radius 2 is 2.13 bits per heavy atom. The number of hydrogen-bond acceptors (Lipinski definition) is 4. The average Bonchev–Trinajstić information content (AvgIpc) is 2.16. The quantitative estimate of drug-likeness (QED) is 0.714. The predicted molar refractivity (Wildman–Crippen MR) is 56.1 cm³/mol. The number of aromatic nitrogens is 1. The van der Waals surface area contributed by atoms with Crippen LogP contribution in [0.25, 0.3) is 0 Å². The Bertz CT molecular complexity index is 361. The molecule has 0 unspecified atom stereocenters. The first-order valence-corrected chi connectivity index (χ1v) is 4.76. The molecule has 0 fully saturated rings. The van der Waals surface area contributed by atoms with Crippen LogP contribution in [0.2, 0.25) is 0 Å². The minimum Gasteiger partial charge on any atom is -0.490 e. The zero-order valence-corrected chi connectivity index (χ0v) is 9.40. The molecule has 1 aromatic heterocycles. The van der Waals surface area contributed by atoms with Crippen LogP contribution in [0.3, 0.4) is 0 Å². The van der Waals surface area contributed by atoms with Gasteiger partial charge in [-0.3, -0.25) is 4.98 Å². The van der Waals surface area contributed by atoms with Crippen LogP contribution in [0, 0.1) is 6.92 Å². The van der Waals surface area contributed by atoms with E-state index in [0.29, 0.717) is 17.0 Å². The van der Waals surface area contributed by atoms with Gasteiger partial charge in [0.15, 0.2) is 0 Å². The van der Waals surface area contributed by atoms with Crippen molar-refractivity contribution in [1.82, 2.24) is 4.98 Å². The SMILES string of the molecule is COC(=O)c1c(OC(C)C)ccnc1C. The Morgan fingerprint density at radius 3 is 2.67 bits per heavy atom. The van der Waals surface area contributed by atoms with Gasteiger partial charge in [-0.1, -0.05) is 0 Å². The summed E-state index contributed by atoms with van der Waals surface area (Å²) in [5.74, 6) is 0.0978. The van der Waals surface area contributed by atoms with E-state index in [9.17, 15) is 4.79 Å². The highest BCUT2D eigenvalue weighted by atomic mass is 16.5. The smallest absolute Gasteiger partial charge is 0.343 e. The molecule has 15 heavy (non-hydrogen) atoms. The summed E-state index contributed by atoms with van der Waals surface area (Å²) < 4.78 is 10.2. The number of hydrogen-bond donors (Lipinski definition) is 0. The number of esters is 1. The molecule has 0 radical (unpaired) electrons. The fourth-order valence-electron chi connectivity index (χ4n) is 1.25. The van der Waals surface area contributed by atoms with Crippen LogP contribution >= 0.6 is 0 Å².